The number of carbonyl (C=O) groups excluding carboxylic acids is 11. The number of hydrogen-bond acceptors (Lipinski definition) is 25. The molecule has 486 valence electrons. The van der Waals surface area contributed by atoms with Gasteiger partial charge < -0.3 is 57.2 Å². The second-order valence-electron chi connectivity index (χ2n) is 21.6. The van der Waals surface area contributed by atoms with E-state index >= 15 is 0 Å². The SMILES string of the molecule is [C-]#[N+]C(C(=O)OCCC(C)(C)O)=C1Sc2c(OC(=O)C3CCC(C(=O)Oc4ccc(CCOC(=O)CCC(=O)OCCOC(=O)C=C)cc4)CC3)ccc(OC(=O)C3CCC(C(=O)Oc4ccc(CCOC(=O)CCC(=O)OCCOC(=O)C=C)cc4)CC3)c2S1. The van der Waals surface area contributed by atoms with Crippen LogP contribution in [0.5, 0.6) is 23.0 Å². The third-order valence-electron chi connectivity index (χ3n) is 14.3. The van der Waals surface area contributed by atoms with Gasteiger partial charge in [-0.2, -0.15) is 0 Å². The molecule has 0 unspecified atom stereocenters. The fourth-order valence-electron chi connectivity index (χ4n) is 9.16. The van der Waals surface area contributed by atoms with Gasteiger partial charge in [0.15, 0.2) is 0 Å². The van der Waals surface area contributed by atoms with E-state index in [1.807, 2.05) is 0 Å². The van der Waals surface area contributed by atoms with E-state index in [0.717, 1.165) is 46.8 Å². The Labute approximate surface area is 533 Å². The molecule has 24 nitrogen and oxygen atoms in total. The van der Waals surface area contributed by atoms with Gasteiger partial charge in [0.1, 0.15) is 49.4 Å². The first-order valence-corrected chi connectivity index (χ1v) is 31.0. The molecule has 2 fully saturated rings. The predicted molar refractivity (Wildman–Crippen MR) is 322 cm³/mol. The smallest absolute Gasteiger partial charge is 0.338 e. The van der Waals surface area contributed by atoms with Crippen LogP contribution < -0.4 is 18.9 Å². The standard InChI is InChI=1S/C65H71NO23S2/c1-6-50(67)81-36-38-83-54(71)28-26-52(69)79-33-30-40-8-20-46(21-9-40)86-59(73)42-12-16-44(17-13-42)61(75)88-48-24-25-49(58-57(48)90-64(91-58)56(66-5)63(77)85-35-32-65(3,4)78)89-62(76)45-18-14-43(15-19-45)60(74)87-47-22-10-41(11-23-47)31-34-80-53(70)27-29-55(72)84-39-37-82-51(68)7-2/h6-11,20-25,42-45,78H,1-2,12-19,26-39H2,3-4H3. The number of benzene rings is 3. The third kappa shape index (κ3) is 24.2. The summed E-state index contributed by atoms with van der Waals surface area (Å²) < 4.78 is 58.6. The summed E-state index contributed by atoms with van der Waals surface area (Å²) in [5, 5.41) is 10.2. The molecule has 1 aliphatic heterocycles. The van der Waals surface area contributed by atoms with Crippen LogP contribution in [0.2, 0.25) is 0 Å². The Morgan fingerprint density at radius 1 is 0.484 bits per heavy atom. The zero-order chi connectivity index (χ0) is 65.9. The number of fused-ring (bicyclic) bond motifs is 1. The van der Waals surface area contributed by atoms with Crippen LogP contribution in [-0.2, 0) is 98.7 Å². The fourth-order valence-corrected chi connectivity index (χ4v) is 11.7. The van der Waals surface area contributed by atoms with Gasteiger partial charge in [-0.15, -0.1) is 0 Å². The monoisotopic (exact) mass is 1300 g/mol. The second-order valence-corrected chi connectivity index (χ2v) is 23.9. The summed E-state index contributed by atoms with van der Waals surface area (Å²) in [6, 6.07) is 16.3. The minimum absolute atomic E-state index is 0.0392. The molecule has 0 amide bonds. The zero-order valence-corrected chi connectivity index (χ0v) is 52.0. The summed E-state index contributed by atoms with van der Waals surface area (Å²) in [6.07, 6.45) is 4.48. The van der Waals surface area contributed by atoms with Crippen LogP contribution in [0.4, 0.5) is 0 Å². The highest BCUT2D eigenvalue weighted by molar-refractivity contribution is 8.24. The van der Waals surface area contributed by atoms with Crippen molar-refractivity contribution in [3.05, 3.63) is 118 Å². The van der Waals surface area contributed by atoms with E-state index in [1.165, 1.54) is 12.1 Å². The van der Waals surface area contributed by atoms with E-state index in [2.05, 4.69) is 18.0 Å². The van der Waals surface area contributed by atoms with Crippen LogP contribution in [0.1, 0.15) is 108 Å². The molecule has 26 heteroatoms. The number of esters is 11. The van der Waals surface area contributed by atoms with Gasteiger partial charge in [0.25, 0.3) is 5.70 Å². The largest absolute Gasteiger partial charge is 0.470 e. The Bertz CT molecular complexity index is 3030. The lowest BCUT2D eigenvalue weighted by Crippen LogP contribution is -2.30. The lowest BCUT2D eigenvalue weighted by Gasteiger charge is -2.26. The van der Waals surface area contributed by atoms with Crippen molar-refractivity contribution in [3.8, 4) is 23.0 Å². The molecule has 6 rings (SSSR count). The van der Waals surface area contributed by atoms with Gasteiger partial charge in [-0.25, -0.2) is 14.4 Å². The maximum atomic E-state index is 13.9. The van der Waals surface area contributed by atoms with Crippen LogP contribution in [0.25, 0.3) is 4.85 Å². The molecule has 1 heterocycles. The van der Waals surface area contributed by atoms with Crippen molar-refractivity contribution >= 4 is 89.2 Å². The van der Waals surface area contributed by atoms with E-state index in [0.29, 0.717) is 85.5 Å². The molecule has 0 radical (unpaired) electrons. The molecular weight excluding hydrogens is 1230 g/mol. The van der Waals surface area contributed by atoms with E-state index in [4.69, 9.17) is 58.7 Å². The second kappa shape index (κ2) is 36.1. The van der Waals surface area contributed by atoms with Crippen LogP contribution in [0.3, 0.4) is 0 Å². The molecule has 0 bridgehead atoms. The summed E-state index contributed by atoms with van der Waals surface area (Å²) in [6.45, 7) is 16.8. The molecule has 3 aromatic carbocycles. The Morgan fingerprint density at radius 2 is 0.813 bits per heavy atom. The molecule has 3 aliphatic rings. The number of hydrogen-bond donors (Lipinski definition) is 1. The molecule has 0 saturated heterocycles. The van der Waals surface area contributed by atoms with Crippen LogP contribution in [-0.4, -0.2) is 123 Å². The Hall–Kier alpha value is -8.80. The van der Waals surface area contributed by atoms with Crippen LogP contribution in [0, 0.1) is 30.2 Å². The molecule has 3 aromatic rings. The molecule has 91 heavy (non-hydrogen) atoms. The van der Waals surface area contributed by atoms with Crippen LogP contribution in [0.15, 0.2) is 106 Å². The lowest BCUT2D eigenvalue weighted by molar-refractivity contribution is -0.152. The van der Waals surface area contributed by atoms with Crippen molar-refractivity contribution in [2.45, 2.75) is 126 Å². The fraction of sp³-hybridized carbons (Fsp3) is 0.446. The predicted octanol–water partition coefficient (Wildman–Crippen LogP) is 8.59. The summed E-state index contributed by atoms with van der Waals surface area (Å²) in [4.78, 5) is 142. The first kappa shape index (κ1) is 71.3. The van der Waals surface area contributed by atoms with Gasteiger partial charge in [0, 0.05) is 31.4 Å². The van der Waals surface area contributed by atoms with Gasteiger partial charge >= 0.3 is 65.7 Å². The number of thioether (sulfide) groups is 2. The normalized spacial score (nSPS) is 16.6. The van der Waals surface area contributed by atoms with Crippen molar-refractivity contribution in [1.29, 1.82) is 0 Å². The van der Waals surface area contributed by atoms with Gasteiger partial charge in [0.2, 0.25) is 0 Å². The number of ether oxygens (including phenoxy) is 11. The molecule has 2 saturated carbocycles. The van der Waals surface area contributed by atoms with Crippen molar-refractivity contribution < 1.29 is 110 Å². The Kier molecular flexibility index (Phi) is 28.3. The summed E-state index contributed by atoms with van der Waals surface area (Å²) in [7, 11) is 0. The molecule has 0 atom stereocenters. The number of nitrogens with zero attached hydrogens (tertiary/aromatic N) is 1. The van der Waals surface area contributed by atoms with E-state index in [9.17, 15) is 57.8 Å². The highest BCUT2D eigenvalue weighted by Crippen LogP contribution is 2.59. The number of carbonyl (C=O) groups is 11. The minimum atomic E-state index is -1.14. The Balaban J connectivity index is 0.963. The average molecular weight is 1300 g/mol. The molecule has 0 aromatic heterocycles. The summed E-state index contributed by atoms with van der Waals surface area (Å²) in [5.41, 5.74) is 0.0753. The van der Waals surface area contributed by atoms with Gasteiger partial charge in [0.05, 0.1) is 95.4 Å². The zero-order valence-electron chi connectivity index (χ0n) is 50.4. The summed E-state index contributed by atoms with van der Waals surface area (Å²) in [5.74, 6) is -8.25. The molecule has 1 N–H and O–H groups in total. The summed E-state index contributed by atoms with van der Waals surface area (Å²) >= 11 is 1.94. The van der Waals surface area contributed by atoms with Crippen LogP contribution >= 0.6 is 23.5 Å². The average Bonchev–Trinajstić information content (AvgIpc) is 1.69. The maximum Gasteiger partial charge on any atom is 0.338 e. The topological polar surface area (TPSA) is 314 Å². The van der Waals surface area contributed by atoms with Crippen molar-refractivity contribution in [1.82, 2.24) is 0 Å². The first-order chi connectivity index (χ1) is 43.6. The lowest BCUT2D eigenvalue weighted by atomic mass is 9.82. The van der Waals surface area contributed by atoms with Crippen molar-refractivity contribution in [3.63, 3.8) is 0 Å². The highest BCUT2D eigenvalue weighted by atomic mass is 32.2. The quantitative estimate of drug-likeness (QED) is 0.0153. The van der Waals surface area contributed by atoms with E-state index in [1.54, 1.807) is 62.4 Å². The molecule has 0 spiro atoms. The van der Waals surface area contributed by atoms with Gasteiger partial charge in [-0.1, -0.05) is 60.9 Å². The highest BCUT2D eigenvalue weighted by Gasteiger charge is 2.38. The third-order valence-corrected chi connectivity index (χ3v) is 16.9. The van der Waals surface area contributed by atoms with Gasteiger partial charge in [-0.3, -0.25) is 43.2 Å². The van der Waals surface area contributed by atoms with Crippen molar-refractivity contribution in [2.24, 2.45) is 23.7 Å². The van der Waals surface area contributed by atoms with Gasteiger partial charge in [-0.05, 0) is 113 Å². The van der Waals surface area contributed by atoms with E-state index < -0.39 is 94.9 Å². The first-order valence-electron chi connectivity index (χ1n) is 29.4. The number of aliphatic hydroxyl groups is 1. The maximum absolute atomic E-state index is 13.9. The Morgan fingerprint density at radius 3 is 1.14 bits per heavy atom. The molecule has 2 aliphatic carbocycles. The van der Waals surface area contributed by atoms with Crippen molar-refractivity contribution in [2.75, 3.05) is 46.2 Å². The minimum Gasteiger partial charge on any atom is -0.470 e. The van der Waals surface area contributed by atoms with E-state index in [-0.39, 0.29) is 99.8 Å². The molecular formula is C65H71NO23S2. The number of rotatable bonds is 32.